The van der Waals surface area contributed by atoms with Crippen molar-refractivity contribution in [2.45, 2.75) is 32.7 Å². The standard InChI is InChI=1S/C15H27N5O/c1-11(2)15-18-13(16-4)9-14(19-15)17-12(3)10-20-5-7-21-8-6-20/h9,11-12H,5-8,10H2,1-4H3,(H2,16,17,18,19). The summed E-state index contributed by atoms with van der Waals surface area (Å²) in [4.78, 5) is 11.5. The van der Waals surface area contributed by atoms with Crippen LogP contribution in [0.5, 0.6) is 0 Å². The lowest BCUT2D eigenvalue weighted by Crippen LogP contribution is -2.42. The Bertz CT molecular complexity index is 446. The molecule has 0 aliphatic carbocycles. The van der Waals surface area contributed by atoms with Gasteiger partial charge in [-0.3, -0.25) is 4.90 Å². The third-order valence-corrected chi connectivity index (χ3v) is 3.55. The summed E-state index contributed by atoms with van der Waals surface area (Å²) < 4.78 is 5.38. The molecule has 1 aliphatic heterocycles. The van der Waals surface area contributed by atoms with Crippen LogP contribution < -0.4 is 10.6 Å². The van der Waals surface area contributed by atoms with Crippen molar-refractivity contribution in [1.29, 1.82) is 0 Å². The van der Waals surface area contributed by atoms with Gasteiger partial charge in [0, 0.05) is 44.7 Å². The fraction of sp³-hybridized carbons (Fsp3) is 0.733. The van der Waals surface area contributed by atoms with Crippen LogP contribution in [0.25, 0.3) is 0 Å². The van der Waals surface area contributed by atoms with E-state index in [1.807, 2.05) is 13.1 Å². The molecule has 21 heavy (non-hydrogen) atoms. The molecule has 0 spiro atoms. The molecule has 1 saturated heterocycles. The Morgan fingerprint density at radius 2 is 1.86 bits per heavy atom. The fourth-order valence-corrected chi connectivity index (χ4v) is 2.40. The van der Waals surface area contributed by atoms with Crippen LogP contribution in [0.15, 0.2) is 6.07 Å². The molecule has 1 aromatic rings. The first-order chi connectivity index (χ1) is 10.1. The Morgan fingerprint density at radius 3 is 2.48 bits per heavy atom. The van der Waals surface area contributed by atoms with E-state index in [1.165, 1.54) is 0 Å². The van der Waals surface area contributed by atoms with Gasteiger partial charge in [-0.05, 0) is 6.92 Å². The number of aromatic nitrogens is 2. The number of morpholine rings is 1. The van der Waals surface area contributed by atoms with Gasteiger partial charge in [0.15, 0.2) is 0 Å². The van der Waals surface area contributed by atoms with Gasteiger partial charge in [-0.2, -0.15) is 0 Å². The lowest BCUT2D eigenvalue weighted by atomic mass is 10.2. The van der Waals surface area contributed by atoms with Crippen molar-refractivity contribution in [3.05, 3.63) is 11.9 Å². The van der Waals surface area contributed by atoms with E-state index in [4.69, 9.17) is 4.74 Å². The number of anilines is 2. The first kappa shape index (κ1) is 16.0. The molecule has 1 fully saturated rings. The van der Waals surface area contributed by atoms with E-state index in [1.54, 1.807) is 0 Å². The highest BCUT2D eigenvalue weighted by molar-refractivity contribution is 5.48. The van der Waals surface area contributed by atoms with Crippen LogP contribution in [-0.4, -0.2) is 60.8 Å². The molecule has 2 N–H and O–H groups in total. The van der Waals surface area contributed by atoms with Gasteiger partial charge in [0.25, 0.3) is 0 Å². The van der Waals surface area contributed by atoms with Gasteiger partial charge >= 0.3 is 0 Å². The minimum Gasteiger partial charge on any atom is -0.379 e. The molecule has 1 aliphatic rings. The number of rotatable bonds is 6. The van der Waals surface area contributed by atoms with Gasteiger partial charge in [0.05, 0.1) is 13.2 Å². The molecule has 2 rings (SSSR count). The number of hydrogen-bond donors (Lipinski definition) is 2. The average Bonchev–Trinajstić information content (AvgIpc) is 2.47. The van der Waals surface area contributed by atoms with Crippen LogP contribution in [-0.2, 0) is 4.74 Å². The van der Waals surface area contributed by atoms with Crippen molar-refractivity contribution < 1.29 is 4.74 Å². The zero-order valence-corrected chi connectivity index (χ0v) is 13.5. The largest absolute Gasteiger partial charge is 0.379 e. The van der Waals surface area contributed by atoms with Crippen molar-refractivity contribution in [3.8, 4) is 0 Å². The minimum atomic E-state index is 0.313. The SMILES string of the molecule is CNc1cc(NC(C)CN2CCOCC2)nc(C(C)C)n1. The highest BCUT2D eigenvalue weighted by atomic mass is 16.5. The summed E-state index contributed by atoms with van der Waals surface area (Å²) in [5.74, 6) is 2.92. The molecule has 2 heterocycles. The Kier molecular flexibility index (Phi) is 5.76. The van der Waals surface area contributed by atoms with E-state index < -0.39 is 0 Å². The van der Waals surface area contributed by atoms with Gasteiger partial charge in [-0.15, -0.1) is 0 Å². The average molecular weight is 293 g/mol. The maximum absolute atomic E-state index is 5.38. The quantitative estimate of drug-likeness (QED) is 0.833. The number of ether oxygens (including phenoxy) is 1. The summed E-state index contributed by atoms with van der Waals surface area (Å²) in [6.07, 6.45) is 0. The molecule has 1 aromatic heterocycles. The number of hydrogen-bond acceptors (Lipinski definition) is 6. The van der Waals surface area contributed by atoms with Crippen molar-refractivity contribution in [1.82, 2.24) is 14.9 Å². The maximum Gasteiger partial charge on any atom is 0.135 e. The third-order valence-electron chi connectivity index (χ3n) is 3.55. The van der Waals surface area contributed by atoms with Gasteiger partial charge in [-0.1, -0.05) is 13.8 Å². The van der Waals surface area contributed by atoms with Crippen molar-refractivity contribution in [2.24, 2.45) is 0 Å². The Labute approximate surface area is 127 Å². The van der Waals surface area contributed by atoms with E-state index in [2.05, 4.69) is 46.3 Å². The van der Waals surface area contributed by atoms with E-state index in [9.17, 15) is 0 Å². The van der Waals surface area contributed by atoms with Crippen molar-refractivity contribution in [3.63, 3.8) is 0 Å². The lowest BCUT2D eigenvalue weighted by Gasteiger charge is -2.29. The number of nitrogens with zero attached hydrogens (tertiary/aromatic N) is 3. The summed E-state index contributed by atoms with van der Waals surface area (Å²) >= 11 is 0. The molecule has 1 atom stereocenters. The van der Waals surface area contributed by atoms with Crippen LogP contribution in [0.3, 0.4) is 0 Å². The molecule has 0 bridgehead atoms. The van der Waals surface area contributed by atoms with Crippen molar-refractivity contribution in [2.75, 3.05) is 50.5 Å². The zero-order chi connectivity index (χ0) is 15.2. The number of nitrogens with one attached hydrogen (secondary N) is 2. The summed E-state index contributed by atoms with van der Waals surface area (Å²) in [7, 11) is 1.88. The molecule has 0 aromatic carbocycles. The van der Waals surface area contributed by atoms with Crippen molar-refractivity contribution >= 4 is 11.6 Å². The van der Waals surface area contributed by atoms with Crippen LogP contribution in [0.4, 0.5) is 11.6 Å². The molecule has 6 nitrogen and oxygen atoms in total. The van der Waals surface area contributed by atoms with E-state index >= 15 is 0 Å². The topological polar surface area (TPSA) is 62.3 Å². The molecular formula is C15H27N5O. The molecule has 118 valence electrons. The van der Waals surface area contributed by atoms with E-state index in [-0.39, 0.29) is 0 Å². The third kappa shape index (κ3) is 4.82. The van der Waals surface area contributed by atoms with Crippen LogP contribution in [0, 0.1) is 0 Å². The minimum absolute atomic E-state index is 0.313. The first-order valence-electron chi connectivity index (χ1n) is 7.72. The van der Waals surface area contributed by atoms with Crippen LogP contribution in [0.1, 0.15) is 32.5 Å². The second-order valence-corrected chi connectivity index (χ2v) is 5.86. The van der Waals surface area contributed by atoms with Crippen LogP contribution >= 0.6 is 0 Å². The molecule has 0 radical (unpaired) electrons. The molecule has 0 saturated carbocycles. The molecule has 0 amide bonds. The predicted octanol–water partition coefficient (Wildman–Crippen LogP) is 1.77. The zero-order valence-electron chi connectivity index (χ0n) is 13.5. The summed E-state index contributed by atoms with van der Waals surface area (Å²) in [6, 6.07) is 2.30. The molecule has 6 heteroatoms. The molecule has 1 unspecified atom stereocenters. The van der Waals surface area contributed by atoms with Gasteiger partial charge in [-0.25, -0.2) is 9.97 Å². The lowest BCUT2D eigenvalue weighted by molar-refractivity contribution is 0.0368. The predicted molar refractivity (Wildman–Crippen MR) is 86.0 cm³/mol. The van der Waals surface area contributed by atoms with E-state index in [0.29, 0.717) is 12.0 Å². The molecular weight excluding hydrogens is 266 g/mol. The highest BCUT2D eigenvalue weighted by Gasteiger charge is 2.15. The second kappa shape index (κ2) is 7.56. The second-order valence-electron chi connectivity index (χ2n) is 5.86. The highest BCUT2D eigenvalue weighted by Crippen LogP contribution is 2.17. The van der Waals surface area contributed by atoms with E-state index in [0.717, 1.165) is 50.3 Å². The first-order valence-corrected chi connectivity index (χ1v) is 7.72. The Hall–Kier alpha value is -1.40. The van der Waals surface area contributed by atoms with Gasteiger partial charge in [0.1, 0.15) is 17.5 Å². The summed E-state index contributed by atoms with van der Waals surface area (Å²) in [6.45, 7) is 11.1. The fourth-order valence-electron chi connectivity index (χ4n) is 2.40. The normalized spacial score (nSPS) is 17.8. The Balaban J connectivity index is 1.98. The van der Waals surface area contributed by atoms with Crippen LogP contribution in [0.2, 0.25) is 0 Å². The van der Waals surface area contributed by atoms with Gasteiger partial charge < -0.3 is 15.4 Å². The summed E-state index contributed by atoms with van der Waals surface area (Å²) in [5.41, 5.74) is 0. The Morgan fingerprint density at radius 1 is 1.19 bits per heavy atom. The monoisotopic (exact) mass is 293 g/mol. The maximum atomic E-state index is 5.38. The smallest absolute Gasteiger partial charge is 0.135 e. The summed E-state index contributed by atoms with van der Waals surface area (Å²) in [5, 5.41) is 6.58. The van der Waals surface area contributed by atoms with Gasteiger partial charge in [0.2, 0.25) is 0 Å².